The van der Waals surface area contributed by atoms with Crippen LogP contribution in [0.2, 0.25) is 0 Å². The van der Waals surface area contributed by atoms with Gasteiger partial charge < -0.3 is 0 Å². The van der Waals surface area contributed by atoms with Crippen molar-refractivity contribution in [3.8, 4) is 0 Å². The third kappa shape index (κ3) is 4.05. The molecule has 0 radical (unpaired) electrons. The molecule has 0 fully saturated rings. The summed E-state index contributed by atoms with van der Waals surface area (Å²) in [6.07, 6.45) is 0. The van der Waals surface area contributed by atoms with Crippen LogP contribution < -0.4 is 0 Å². The number of nitrogens with zero attached hydrogens (tertiary/aromatic N) is 1. The van der Waals surface area contributed by atoms with Crippen molar-refractivity contribution < 1.29 is 13.2 Å². The Morgan fingerprint density at radius 3 is 1.29 bits per heavy atom. The first-order valence-corrected chi connectivity index (χ1v) is 10.2. The van der Waals surface area contributed by atoms with Crippen LogP contribution in [0.1, 0.15) is 0 Å². The topological polar surface area (TPSA) is 3.24 Å². The van der Waals surface area contributed by atoms with E-state index in [1.54, 1.807) is 17.6 Å². The molecule has 0 amide bonds. The Bertz CT molecular complexity index is 58.4. The summed E-state index contributed by atoms with van der Waals surface area (Å²) in [4.78, 5) is 0. The standard InChI is InChI=1S/C2H6N.3ClH.Mo/c1-3-2;;;;/h1-2H3;3*1H;/q-1;;;;+4/p-3. The fourth-order valence-corrected chi connectivity index (χ4v) is 0. The summed E-state index contributed by atoms with van der Waals surface area (Å²) in [5, 5.41) is 0. The molecular formula is C2H6Cl3MoN. The van der Waals surface area contributed by atoms with Gasteiger partial charge in [0.25, 0.3) is 0 Å². The van der Waals surface area contributed by atoms with E-state index in [1.165, 1.54) is 0 Å². The van der Waals surface area contributed by atoms with Crippen molar-refractivity contribution in [3.05, 3.63) is 0 Å². The van der Waals surface area contributed by atoms with Gasteiger partial charge in [0.05, 0.1) is 0 Å². The maximum absolute atomic E-state index is 5.51. The van der Waals surface area contributed by atoms with Crippen LogP contribution in [-0.4, -0.2) is 17.6 Å². The summed E-state index contributed by atoms with van der Waals surface area (Å²) in [5.41, 5.74) is 0. The van der Waals surface area contributed by atoms with Gasteiger partial charge in [-0.3, -0.25) is 0 Å². The maximum atomic E-state index is 5.51. The van der Waals surface area contributed by atoms with Crippen molar-refractivity contribution in [2.75, 3.05) is 14.1 Å². The van der Waals surface area contributed by atoms with Gasteiger partial charge in [0.15, 0.2) is 0 Å². The summed E-state index contributed by atoms with van der Waals surface area (Å²) in [5.74, 6) is 0. The van der Waals surface area contributed by atoms with Gasteiger partial charge in [-0.25, -0.2) is 0 Å². The molecule has 0 unspecified atom stereocenters. The first-order valence-electron chi connectivity index (χ1n) is 1.54. The van der Waals surface area contributed by atoms with Crippen molar-refractivity contribution in [1.29, 1.82) is 0 Å². The molecule has 5 heteroatoms. The van der Waals surface area contributed by atoms with E-state index in [2.05, 4.69) is 0 Å². The Kier molecular flexibility index (Phi) is 3.51. The van der Waals surface area contributed by atoms with Crippen LogP contribution in [0.15, 0.2) is 0 Å². The summed E-state index contributed by atoms with van der Waals surface area (Å²) < 4.78 is 1.67. The molecule has 0 saturated carbocycles. The molecule has 0 aromatic heterocycles. The van der Waals surface area contributed by atoms with Gasteiger partial charge in [0.2, 0.25) is 0 Å². The molecule has 0 N–H and O–H groups in total. The molecule has 0 aromatic carbocycles. The molecule has 0 aliphatic rings. The zero-order valence-electron chi connectivity index (χ0n) is 3.99. The van der Waals surface area contributed by atoms with E-state index in [9.17, 15) is 0 Å². The van der Waals surface area contributed by atoms with E-state index in [0.29, 0.717) is 0 Å². The summed E-state index contributed by atoms with van der Waals surface area (Å²) in [7, 11) is 20.1. The molecule has 46 valence electrons. The van der Waals surface area contributed by atoms with Gasteiger partial charge in [-0.15, -0.1) is 0 Å². The average molecular weight is 246 g/mol. The Morgan fingerprint density at radius 1 is 1.14 bits per heavy atom. The van der Waals surface area contributed by atoms with Crippen LogP contribution in [0.4, 0.5) is 0 Å². The molecule has 7 heavy (non-hydrogen) atoms. The summed E-state index contributed by atoms with van der Waals surface area (Å²) in [6, 6.07) is 0. The third-order valence-electron chi connectivity index (χ3n) is 0.414. The molecule has 0 aliphatic carbocycles. The number of rotatable bonds is 1. The van der Waals surface area contributed by atoms with E-state index < -0.39 is 13.2 Å². The molecule has 0 atom stereocenters. The molecule has 0 bridgehead atoms. The minimum absolute atomic E-state index is 1.67. The van der Waals surface area contributed by atoms with Crippen LogP contribution in [0, 0.1) is 0 Å². The second-order valence-electron chi connectivity index (χ2n) is 1.19. The molecular weight excluding hydrogens is 240 g/mol. The van der Waals surface area contributed by atoms with Gasteiger partial charge in [-0.1, -0.05) is 0 Å². The van der Waals surface area contributed by atoms with E-state index >= 15 is 0 Å². The predicted octanol–water partition coefficient (Wildman–Crippen LogP) is 2.08. The van der Waals surface area contributed by atoms with E-state index in [-0.39, 0.29) is 0 Å². The second kappa shape index (κ2) is 2.89. The molecule has 0 saturated heterocycles. The van der Waals surface area contributed by atoms with Crippen LogP contribution >= 0.6 is 28.3 Å². The van der Waals surface area contributed by atoms with Gasteiger partial charge in [0.1, 0.15) is 0 Å². The SMILES string of the molecule is C[N](C)[Mo]([Cl])([Cl])[Cl]. The third-order valence-corrected chi connectivity index (χ3v) is 7.35. The number of hydrogen-bond donors (Lipinski definition) is 0. The molecule has 1 nitrogen and oxygen atoms in total. The predicted molar refractivity (Wildman–Crippen MR) is 31.2 cm³/mol. The van der Waals surface area contributed by atoms with Gasteiger partial charge >= 0.3 is 59.0 Å². The molecule has 0 aliphatic heterocycles. The Morgan fingerprint density at radius 2 is 1.29 bits per heavy atom. The normalized spacial score (nSPS) is 15.1. The average Bonchev–Trinajstić information content (AvgIpc) is 1.31. The van der Waals surface area contributed by atoms with Crippen molar-refractivity contribution >= 4 is 28.3 Å². The van der Waals surface area contributed by atoms with E-state index in [0.717, 1.165) is 0 Å². The molecule has 0 heterocycles. The van der Waals surface area contributed by atoms with Crippen molar-refractivity contribution in [1.82, 2.24) is 3.46 Å². The molecule has 0 rings (SSSR count). The van der Waals surface area contributed by atoms with Gasteiger partial charge in [-0.05, 0) is 0 Å². The van der Waals surface area contributed by atoms with Crippen molar-refractivity contribution in [2.45, 2.75) is 0 Å². The fraction of sp³-hybridized carbons (Fsp3) is 1.00. The van der Waals surface area contributed by atoms with Crippen LogP contribution in [0.3, 0.4) is 0 Å². The van der Waals surface area contributed by atoms with E-state index in [1.807, 2.05) is 0 Å². The Labute approximate surface area is 58.8 Å². The Balaban J connectivity index is 3.54. The van der Waals surface area contributed by atoms with Crippen molar-refractivity contribution in [3.63, 3.8) is 0 Å². The zero-order chi connectivity index (χ0) is 6.08. The van der Waals surface area contributed by atoms with Crippen LogP contribution in [0.5, 0.6) is 0 Å². The molecule has 0 aromatic rings. The quantitative estimate of drug-likeness (QED) is 0.640. The Hall–Kier alpha value is 1.52. The summed E-state index contributed by atoms with van der Waals surface area (Å²) >= 11 is -2.94. The zero-order valence-corrected chi connectivity index (χ0v) is 8.26. The monoisotopic (exact) mass is 247 g/mol. The van der Waals surface area contributed by atoms with Crippen LogP contribution in [-0.2, 0) is 13.2 Å². The molecule has 0 spiro atoms. The first kappa shape index (κ1) is 8.52. The second-order valence-corrected chi connectivity index (χ2v) is 15.6. The van der Waals surface area contributed by atoms with Crippen LogP contribution in [0.25, 0.3) is 0 Å². The number of halogens is 3. The van der Waals surface area contributed by atoms with Crippen molar-refractivity contribution in [2.24, 2.45) is 0 Å². The number of hydrogen-bond acceptors (Lipinski definition) is 1. The van der Waals surface area contributed by atoms with Gasteiger partial charge in [0, 0.05) is 0 Å². The minimum atomic E-state index is -2.94. The van der Waals surface area contributed by atoms with E-state index in [4.69, 9.17) is 28.3 Å². The van der Waals surface area contributed by atoms with Gasteiger partial charge in [-0.2, -0.15) is 0 Å². The first-order chi connectivity index (χ1) is 2.94. The summed E-state index contributed by atoms with van der Waals surface area (Å²) in [6.45, 7) is 0. The fourth-order valence-electron chi connectivity index (χ4n) is 0.